The molecule has 1 aromatic heterocycles. The molecule has 21 heavy (non-hydrogen) atoms. The van der Waals surface area contributed by atoms with E-state index < -0.39 is 0 Å². The van der Waals surface area contributed by atoms with Gasteiger partial charge in [-0.15, -0.1) is 11.8 Å². The Morgan fingerprint density at radius 1 is 1.19 bits per heavy atom. The fraction of sp³-hybridized carbons (Fsp3) is 0.471. The Morgan fingerprint density at radius 3 is 2.52 bits per heavy atom. The van der Waals surface area contributed by atoms with E-state index in [0.29, 0.717) is 12.1 Å². The maximum atomic E-state index is 4.25. The quantitative estimate of drug-likeness (QED) is 0.768. The number of hydrogen-bond donors (Lipinski definition) is 1. The lowest BCUT2D eigenvalue weighted by atomic mass is 10.1. The maximum absolute atomic E-state index is 4.25. The fourth-order valence-corrected chi connectivity index (χ4v) is 3.21. The SMILES string of the molecule is CCNC(C)c1ccc(SCc2cncn2C(C)C)cc1. The summed E-state index contributed by atoms with van der Waals surface area (Å²) in [5, 5.41) is 3.44. The lowest BCUT2D eigenvalue weighted by Gasteiger charge is -2.13. The normalized spacial score (nSPS) is 12.8. The minimum Gasteiger partial charge on any atom is -0.331 e. The highest BCUT2D eigenvalue weighted by Gasteiger charge is 2.07. The summed E-state index contributed by atoms with van der Waals surface area (Å²) in [4.78, 5) is 5.56. The van der Waals surface area contributed by atoms with Crippen molar-refractivity contribution < 1.29 is 0 Å². The van der Waals surface area contributed by atoms with Gasteiger partial charge in [-0.3, -0.25) is 0 Å². The van der Waals surface area contributed by atoms with Crippen LogP contribution in [0.1, 0.15) is 51.0 Å². The second kappa shape index (κ2) is 7.66. The lowest BCUT2D eigenvalue weighted by Crippen LogP contribution is -2.17. The molecule has 0 bridgehead atoms. The van der Waals surface area contributed by atoms with Crippen molar-refractivity contribution in [3.8, 4) is 0 Å². The minimum absolute atomic E-state index is 0.413. The molecule has 2 rings (SSSR count). The van der Waals surface area contributed by atoms with Gasteiger partial charge in [0.25, 0.3) is 0 Å². The van der Waals surface area contributed by atoms with Crippen molar-refractivity contribution in [2.45, 2.75) is 50.4 Å². The van der Waals surface area contributed by atoms with Crippen LogP contribution in [-0.4, -0.2) is 16.1 Å². The Bertz CT molecular complexity index is 545. The molecular weight excluding hydrogens is 278 g/mol. The van der Waals surface area contributed by atoms with Crippen LogP contribution in [-0.2, 0) is 5.75 Å². The van der Waals surface area contributed by atoms with Crippen LogP contribution >= 0.6 is 11.8 Å². The topological polar surface area (TPSA) is 29.9 Å². The van der Waals surface area contributed by atoms with E-state index in [2.05, 4.69) is 66.8 Å². The number of nitrogens with zero attached hydrogens (tertiary/aromatic N) is 2. The zero-order chi connectivity index (χ0) is 15.2. The number of aromatic nitrogens is 2. The molecule has 4 heteroatoms. The van der Waals surface area contributed by atoms with Gasteiger partial charge in [-0.1, -0.05) is 19.1 Å². The van der Waals surface area contributed by atoms with E-state index in [-0.39, 0.29) is 0 Å². The molecule has 0 saturated carbocycles. The zero-order valence-electron chi connectivity index (χ0n) is 13.3. The van der Waals surface area contributed by atoms with Crippen molar-refractivity contribution in [2.24, 2.45) is 0 Å². The number of hydrogen-bond acceptors (Lipinski definition) is 3. The van der Waals surface area contributed by atoms with Crippen LogP contribution in [0.25, 0.3) is 0 Å². The molecule has 0 aliphatic heterocycles. The van der Waals surface area contributed by atoms with Crippen LogP contribution in [0, 0.1) is 0 Å². The van der Waals surface area contributed by atoms with Crippen molar-refractivity contribution in [3.05, 3.63) is 48.0 Å². The summed E-state index contributed by atoms with van der Waals surface area (Å²) in [6.07, 6.45) is 3.89. The Morgan fingerprint density at radius 2 is 1.90 bits per heavy atom. The number of rotatable bonds is 7. The predicted octanol–water partition coefficient (Wildman–Crippen LogP) is 4.43. The minimum atomic E-state index is 0.413. The second-order valence-electron chi connectivity index (χ2n) is 5.52. The third kappa shape index (κ3) is 4.35. The summed E-state index contributed by atoms with van der Waals surface area (Å²) in [7, 11) is 0. The molecule has 0 radical (unpaired) electrons. The number of thioether (sulfide) groups is 1. The monoisotopic (exact) mass is 303 g/mol. The van der Waals surface area contributed by atoms with Crippen LogP contribution < -0.4 is 5.32 Å². The lowest BCUT2D eigenvalue weighted by molar-refractivity contribution is 0.584. The molecule has 1 heterocycles. The van der Waals surface area contributed by atoms with E-state index in [4.69, 9.17) is 0 Å². The van der Waals surface area contributed by atoms with Crippen molar-refractivity contribution >= 4 is 11.8 Å². The van der Waals surface area contributed by atoms with Crippen molar-refractivity contribution in [2.75, 3.05) is 6.54 Å². The van der Waals surface area contributed by atoms with E-state index in [1.165, 1.54) is 16.2 Å². The van der Waals surface area contributed by atoms with Gasteiger partial charge in [0, 0.05) is 34.6 Å². The Labute approximate surface area is 132 Å². The third-order valence-corrected chi connectivity index (χ3v) is 4.63. The molecular formula is C17H25N3S. The summed E-state index contributed by atoms with van der Waals surface area (Å²) in [6.45, 7) is 9.71. The molecule has 0 aliphatic rings. The molecule has 1 N–H and O–H groups in total. The summed E-state index contributed by atoms with van der Waals surface area (Å²) in [5.41, 5.74) is 2.62. The standard InChI is InChI=1S/C17H25N3S/c1-5-19-14(4)15-6-8-17(9-7-15)21-11-16-10-18-12-20(16)13(2)3/h6-10,12-14,19H,5,11H2,1-4H3. The average Bonchev–Trinajstić information content (AvgIpc) is 2.94. The Kier molecular flexibility index (Phi) is 5.88. The van der Waals surface area contributed by atoms with Crippen molar-refractivity contribution in [1.29, 1.82) is 0 Å². The predicted molar refractivity (Wildman–Crippen MR) is 90.7 cm³/mol. The van der Waals surface area contributed by atoms with E-state index >= 15 is 0 Å². The van der Waals surface area contributed by atoms with E-state index in [1.54, 1.807) is 0 Å². The first-order valence-electron chi connectivity index (χ1n) is 7.58. The fourth-order valence-electron chi connectivity index (χ4n) is 2.34. The van der Waals surface area contributed by atoms with Crippen LogP contribution in [0.15, 0.2) is 41.7 Å². The van der Waals surface area contributed by atoms with Gasteiger partial charge in [-0.2, -0.15) is 0 Å². The summed E-state index contributed by atoms with van der Waals surface area (Å²) >= 11 is 1.86. The molecule has 1 aromatic carbocycles. The van der Waals surface area contributed by atoms with Gasteiger partial charge >= 0.3 is 0 Å². The Balaban J connectivity index is 1.96. The van der Waals surface area contributed by atoms with E-state index in [1.807, 2.05) is 24.3 Å². The molecule has 0 saturated heterocycles. The van der Waals surface area contributed by atoms with Crippen molar-refractivity contribution in [3.63, 3.8) is 0 Å². The van der Waals surface area contributed by atoms with Gasteiger partial charge in [0.2, 0.25) is 0 Å². The summed E-state index contributed by atoms with van der Waals surface area (Å²) < 4.78 is 2.23. The van der Waals surface area contributed by atoms with E-state index in [0.717, 1.165) is 12.3 Å². The van der Waals surface area contributed by atoms with Gasteiger partial charge in [-0.25, -0.2) is 4.98 Å². The molecule has 0 amide bonds. The second-order valence-corrected chi connectivity index (χ2v) is 6.57. The van der Waals surface area contributed by atoms with Crippen LogP contribution in [0.3, 0.4) is 0 Å². The Hall–Kier alpha value is -1.26. The highest BCUT2D eigenvalue weighted by molar-refractivity contribution is 7.98. The van der Waals surface area contributed by atoms with Gasteiger partial charge < -0.3 is 9.88 Å². The number of imidazole rings is 1. The van der Waals surface area contributed by atoms with Crippen LogP contribution in [0.4, 0.5) is 0 Å². The molecule has 0 spiro atoms. The zero-order valence-corrected chi connectivity index (χ0v) is 14.2. The highest BCUT2D eigenvalue weighted by Crippen LogP contribution is 2.25. The highest BCUT2D eigenvalue weighted by atomic mass is 32.2. The van der Waals surface area contributed by atoms with Crippen LogP contribution in [0.5, 0.6) is 0 Å². The molecule has 0 aliphatic carbocycles. The van der Waals surface area contributed by atoms with Gasteiger partial charge in [0.1, 0.15) is 0 Å². The molecule has 3 nitrogen and oxygen atoms in total. The first-order valence-corrected chi connectivity index (χ1v) is 8.57. The molecule has 114 valence electrons. The number of benzene rings is 1. The van der Waals surface area contributed by atoms with Gasteiger partial charge in [0.05, 0.1) is 6.33 Å². The number of nitrogens with one attached hydrogen (secondary N) is 1. The first kappa shape index (κ1) is 16.1. The molecule has 2 aromatic rings. The maximum Gasteiger partial charge on any atom is 0.0950 e. The van der Waals surface area contributed by atoms with Gasteiger partial charge in [-0.05, 0) is 45.0 Å². The molecule has 0 fully saturated rings. The van der Waals surface area contributed by atoms with E-state index in [9.17, 15) is 0 Å². The first-order chi connectivity index (χ1) is 10.1. The largest absolute Gasteiger partial charge is 0.331 e. The van der Waals surface area contributed by atoms with Crippen LogP contribution in [0.2, 0.25) is 0 Å². The van der Waals surface area contributed by atoms with Crippen molar-refractivity contribution in [1.82, 2.24) is 14.9 Å². The smallest absolute Gasteiger partial charge is 0.0950 e. The third-order valence-electron chi connectivity index (χ3n) is 3.58. The summed E-state index contributed by atoms with van der Waals surface area (Å²) in [6, 6.07) is 9.74. The van der Waals surface area contributed by atoms with Gasteiger partial charge in [0.15, 0.2) is 0 Å². The average molecular weight is 303 g/mol. The summed E-state index contributed by atoms with van der Waals surface area (Å²) in [5.74, 6) is 0.959. The molecule has 1 unspecified atom stereocenters. The molecule has 1 atom stereocenters.